The third-order valence-electron chi connectivity index (χ3n) is 4.53. The maximum absolute atomic E-state index is 8.79. The zero-order chi connectivity index (χ0) is 20.6. The molecule has 0 spiro atoms. The first kappa shape index (κ1) is 24.1. The molecule has 2 aromatic rings. The van der Waals surface area contributed by atoms with Crippen molar-refractivity contribution < 1.29 is 14.9 Å². The number of hydrogen-bond acceptors (Lipinski definition) is 5. The van der Waals surface area contributed by atoms with Crippen LogP contribution in [0.3, 0.4) is 0 Å². The van der Waals surface area contributed by atoms with Gasteiger partial charge in [0.25, 0.3) is 0 Å². The number of rotatable bonds is 16. The van der Waals surface area contributed by atoms with Crippen LogP contribution >= 0.6 is 23.5 Å². The Bertz CT molecular complexity index is 587. The Hall–Kier alpha value is -1.14. The van der Waals surface area contributed by atoms with Crippen molar-refractivity contribution >= 4 is 23.5 Å². The van der Waals surface area contributed by atoms with Crippen LogP contribution in [0.15, 0.2) is 58.3 Å². The monoisotopic (exact) mass is 434 g/mol. The molecule has 29 heavy (non-hydrogen) atoms. The van der Waals surface area contributed by atoms with Gasteiger partial charge in [0.15, 0.2) is 0 Å². The molecule has 2 aromatic carbocycles. The zero-order valence-electron chi connectivity index (χ0n) is 17.2. The number of hydrogen-bond donors (Lipinski definition) is 2. The van der Waals surface area contributed by atoms with Gasteiger partial charge in [-0.2, -0.15) is 0 Å². The third kappa shape index (κ3) is 11.0. The minimum atomic E-state index is 0.308. The molecule has 0 saturated carbocycles. The van der Waals surface area contributed by atoms with Crippen LogP contribution in [-0.4, -0.2) is 34.9 Å². The van der Waals surface area contributed by atoms with Gasteiger partial charge in [-0.3, -0.25) is 0 Å². The van der Waals surface area contributed by atoms with E-state index < -0.39 is 0 Å². The molecule has 0 heterocycles. The van der Waals surface area contributed by atoms with E-state index in [0.29, 0.717) is 13.2 Å². The second-order valence-electron chi connectivity index (χ2n) is 7.02. The van der Waals surface area contributed by atoms with E-state index in [1.807, 2.05) is 47.8 Å². The first-order valence-corrected chi connectivity index (χ1v) is 12.6. The molecule has 2 N–H and O–H groups in total. The number of thioether (sulfide) groups is 2. The maximum Gasteiger partial charge on any atom is 0.127 e. The van der Waals surface area contributed by atoms with E-state index in [4.69, 9.17) is 14.9 Å². The van der Waals surface area contributed by atoms with E-state index in [1.165, 1.54) is 35.5 Å². The lowest BCUT2D eigenvalue weighted by Crippen LogP contribution is -1.87. The predicted molar refractivity (Wildman–Crippen MR) is 126 cm³/mol. The third-order valence-corrected chi connectivity index (χ3v) is 6.72. The highest BCUT2D eigenvalue weighted by atomic mass is 32.2. The van der Waals surface area contributed by atoms with Gasteiger partial charge in [0.2, 0.25) is 0 Å². The Morgan fingerprint density at radius 3 is 1.28 bits per heavy atom. The molecule has 0 radical (unpaired) electrons. The SMILES string of the molecule is OCCCCCCSc1ccc(Oc2ccc(SCCCCCCO)cc2)cc1. The van der Waals surface area contributed by atoms with Crippen LogP contribution in [-0.2, 0) is 0 Å². The fraction of sp³-hybridized carbons (Fsp3) is 0.500. The van der Waals surface area contributed by atoms with Crippen LogP contribution in [0.5, 0.6) is 11.5 Å². The van der Waals surface area contributed by atoms with Crippen LogP contribution in [0.4, 0.5) is 0 Å². The van der Waals surface area contributed by atoms with Crippen molar-refractivity contribution in [1.29, 1.82) is 0 Å². The average molecular weight is 435 g/mol. The smallest absolute Gasteiger partial charge is 0.127 e. The molecule has 0 saturated heterocycles. The fourth-order valence-corrected chi connectivity index (χ4v) is 4.68. The Labute approximate surface area is 184 Å². The van der Waals surface area contributed by atoms with E-state index in [1.54, 1.807) is 0 Å². The minimum absolute atomic E-state index is 0.308. The van der Waals surface area contributed by atoms with Gasteiger partial charge in [0.1, 0.15) is 11.5 Å². The van der Waals surface area contributed by atoms with E-state index in [2.05, 4.69) is 24.3 Å². The first-order valence-electron chi connectivity index (χ1n) is 10.7. The number of ether oxygens (including phenoxy) is 1. The van der Waals surface area contributed by atoms with Gasteiger partial charge in [-0.05, 0) is 85.7 Å². The van der Waals surface area contributed by atoms with Crippen molar-refractivity contribution in [3.63, 3.8) is 0 Å². The molecule has 0 fully saturated rings. The van der Waals surface area contributed by atoms with Gasteiger partial charge in [-0.15, -0.1) is 23.5 Å². The summed E-state index contributed by atoms with van der Waals surface area (Å²) in [4.78, 5) is 2.54. The molecule has 0 unspecified atom stereocenters. The summed E-state index contributed by atoms with van der Waals surface area (Å²) in [5.74, 6) is 3.96. The maximum atomic E-state index is 8.79. The lowest BCUT2D eigenvalue weighted by atomic mass is 10.2. The number of benzene rings is 2. The van der Waals surface area contributed by atoms with Gasteiger partial charge < -0.3 is 14.9 Å². The Morgan fingerprint density at radius 2 is 0.897 bits per heavy atom. The molecule has 0 aliphatic carbocycles. The second-order valence-corrected chi connectivity index (χ2v) is 9.35. The van der Waals surface area contributed by atoms with Crippen molar-refractivity contribution in [3.8, 4) is 11.5 Å². The lowest BCUT2D eigenvalue weighted by molar-refractivity contribution is 0.282. The summed E-state index contributed by atoms with van der Waals surface area (Å²) in [5, 5.41) is 17.6. The standard InChI is InChI=1S/C24H34O3S2/c25-17-5-1-3-7-19-28-23-13-9-21(10-14-23)27-22-11-15-24(16-12-22)29-20-8-4-2-6-18-26/h9-16,25-26H,1-8,17-20H2. The highest BCUT2D eigenvalue weighted by molar-refractivity contribution is 7.99. The molecular weight excluding hydrogens is 400 g/mol. The molecule has 0 aliphatic heterocycles. The van der Waals surface area contributed by atoms with Crippen molar-refractivity contribution in [1.82, 2.24) is 0 Å². The molecule has 0 bridgehead atoms. The second kappa shape index (κ2) is 15.7. The van der Waals surface area contributed by atoms with Crippen LogP contribution < -0.4 is 4.74 Å². The molecule has 5 heteroatoms. The molecule has 160 valence electrons. The quantitative estimate of drug-likeness (QED) is 0.225. The summed E-state index contributed by atoms with van der Waals surface area (Å²) in [6.45, 7) is 0.616. The Kier molecular flexibility index (Phi) is 13.0. The van der Waals surface area contributed by atoms with Gasteiger partial charge in [-0.25, -0.2) is 0 Å². The average Bonchev–Trinajstić information content (AvgIpc) is 2.75. The molecule has 0 amide bonds. The largest absolute Gasteiger partial charge is 0.457 e. The van der Waals surface area contributed by atoms with E-state index in [9.17, 15) is 0 Å². The van der Waals surface area contributed by atoms with Crippen molar-refractivity contribution in [2.24, 2.45) is 0 Å². The molecule has 0 atom stereocenters. The molecule has 2 rings (SSSR count). The van der Waals surface area contributed by atoms with Gasteiger partial charge in [0, 0.05) is 23.0 Å². The van der Waals surface area contributed by atoms with E-state index in [0.717, 1.165) is 48.7 Å². The molecule has 0 aliphatic rings. The van der Waals surface area contributed by atoms with Crippen molar-refractivity contribution in [2.45, 2.75) is 61.2 Å². The highest BCUT2D eigenvalue weighted by Crippen LogP contribution is 2.28. The summed E-state index contributed by atoms with van der Waals surface area (Å²) < 4.78 is 5.96. The summed E-state index contributed by atoms with van der Waals surface area (Å²) in [5.41, 5.74) is 0. The summed E-state index contributed by atoms with van der Waals surface area (Å²) in [7, 11) is 0. The number of unbranched alkanes of at least 4 members (excludes halogenated alkanes) is 6. The predicted octanol–water partition coefficient (Wildman–Crippen LogP) is 6.77. The summed E-state index contributed by atoms with van der Waals surface area (Å²) in [6.07, 6.45) is 8.83. The van der Waals surface area contributed by atoms with Gasteiger partial charge >= 0.3 is 0 Å². The van der Waals surface area contributed by atoms with Crippen LogP contribution in [0.25, 0.3) is 0 Å². The molecule has 0 aromatic heterocycles. The van der Waals surface area contributed by atoms with E-state index in [-0.39, 0.29) is 0 Å². The Balaban J connectivity index is 1.66. The number of aliphatic hydroxyl groups is 2. The first-order chi connectivity index (χ1) is 14.3. The van der Waals surface area contributed by atoms with Crippen molar-refractivity contribution in [3.05, 3.63) is 48.5 Å². The highest BCUT2D eigenvalue weighted by Gasteiger charge is 2.01. The minimum Gasteiger partial charge on any atom is -0.457 e. The topological polar surface area (TPSA) is 49.7 Å². The van der Waals surface area contributed by atoms with Crippen LogP contribution in [0.2, 0.25) is 0 Å². The normalized spacial score (nSPS) is 11.0. The summed E-state index contributed by atoms with van der Waals surface area (Å²) in [6, 6.07) is 16.6. The van der Waals surface area contributed by atoms with Crippen molar-refractivity contribution in [2.75, 3.05) is 24.7 Å². The Morgan fingerprint density at radius 1 is 0.517 bits per heavy atom. The van der Waals surface area contributed by atoms with Crippen LogP contribution in [0.1, 0.15) is 51.4 Å². The summed E-state index contributed by atoms with van der Waals surface area (Å²) >= 11 is 3.75. The zero-order valence-corrected chi connectivity index (χ0v) is 18.9. The van der Waals surface area contributed by atoms with Crippen LogP contribution in [0, 0.1) is 0 Å². The molecule has 3 nitrogen and oxygen atoms in total. The van der Waals surface area contributed by atoms with E-state index >= 15 is 0 Å². The number of aliphatic hydroxyl groups excluding tert-OH is 2. The van der Waals surface area contributed by atoms with Gasteiger partial charge in [0.05, 0.1) is 0 Å². The lowest BCUT2D eigenvalue weighted by Gasteiger charge is -2.08. The molecular formula is C24H34O3S2. The van der Waals surface area contributed by atoms with Gasteiger partial charge in [-0.1, -0.05) is 25.7 Å². The fourth-order valence-electron chi connectivity index (χ4n) is 2.86.